The molecule has 1 aromatic carbocycles. The van der Waals surface area contributed by atoms with Crippen molar-refractivity contribution in [2.24, 2.45) is 5.73 Å². The molecular formula is C20H21N5O. The summed E-state index contributed by atoms with van der Waals surface area (Å²) in [5.74, 6) is 0.0222. The molecule has 0 radical (unpaired) electrons. The Balaban J connectivity index is 1.72. The van der Waals surface area contributed by atoms with E-state index in [-0.39, 0.29) is 11.9 Å². The van der Waals surface area contributed by atoms with Gasteiger partial charge in [-0.1, -0.05) is 18.2 Å². The third-order valence-electron chi connectivity index (χ3n) is 5.13. The van der Waals surface area contributed by atoms with E-state index in [1.54, 1.807) is 17.2 Å². The summed E-state index contributed by atoms with van der Waals surface area (Å²) in [5.41, 5.74) is 10.3. The normalized spacial score (nSPS) is 19.4. The van der Waals surface area contributed by atoms with Gasteiger partial charge in [0, 0.05) is 25.3 Å². The summed E-state index contributed by atoms with van der Waals surface area (Å²) in [5, 5.41) is 9.35. The second-order valence-corrected chi connectivity index (χ2v) is 6.90. The van der Waals surface area contributed by atoms with Crippen molar-refractivity contribution in [3.63, 3.8) is 0 Å². The van der Waals surface area contributed by atoms with E-state index in [0.29, 0.717) is 18.5 Å². The van der Waals surface area contributed by atoms with Crippen molar-refractivity contribution in [1.82, 2.24) is 4.98 Å². The molecule has 6 heteroatoms. The van der Waals surface area contributed by atoms with Crippen LogP contribution in [-0.4, -0.2) is 30.0 Å². The van der Waals surface area contributed by atoms with Crippen LogP contribution in [-0.2, 0) is 17.8 Å². The van der Waals surface area contributed by atoms with Crippen LogP contribution in [0.25, 0.3) is 0 Å². The van der Waals surface area contributed by atoms with Crippen LogP contribution in [0.3, 0.4) is 0 Å². The minimum atomic E-state index is 0.0222. The highest BCUT2D eigenvalue weighted by Crippen LogP contribution is 2.39. The number of aromatic nitrogens is 1. The van der Waals surface area contributed by atoms with E-state index in [9.17, 15) is 10.1 Å². The summed E-state index contributed by atoms with van der Waals surface area (Å²) in [6.45, 7) is 2.10. The largest absolute Gasteiger partial charge is 0.368 e. The first-order valence-corrected chi connectivity index (χ1v) is 8.94. The van der Waals surface area contributed by atoms with Crippen molar-refractivity contribution >= 4 is 17.3 Å². The summed E-state index contributed by atoms with van der Waals surface area (Å²) in [4.78, 5) is 21.2. The number of carbonyl (C=O) groups is 1. The minimum absolute atomic E-state index is 0.0222. The fourth-order valence-electron chi connectivity index (χ4n) is 3.86. The molecule has 0 spiro atoms. The van der Waals surface area contributed by atoms with Crippen molar-refractivity contribution in [2.45, 2.75) is 31.8 Å². The van der Waals surface area contributed by atoms with Gasteiger partial charge in [-0.2, -0.15) is 5.26 Å². The number of nitrogens with two attached hydrogens (primary N) is 1. The number of nitriles is 1. The Morgan fingerprint density at radius 1 is 1.31 bits per heavy atom. The Morgan fingerprint density at radius 2 is 2.15 bits per heavy atom. The fourth-order valence-corrected chi connectivity index (χ4v) is 3.86. The Hall–Kier alpha value is -2.91. The standard InChI is InChI=1S/C20H21N5O/c21-11-14-4-1-2-5-15(14)12-25-19(26)10-17-20(25)18(7-8-23-17)24-9-3-6-16(22)13-24/h1-2,4-5,7-8,16H,3,6,9-10,12-13,22H2/t16-/m1/s1. The van der Waals surface area contributed by atoms with Gasteiger partial charge in [0.1, 0.15) is 0 Å². The molecule has 2 aliphatic heterocycles. The molecule has 0 saturated carbocycles. The van der Waals surface area contributed by atoms with Crippen LogP contribution < -0.4 is 15.5 Å². The van der Waals surface area contributed by atoms with Gasteiger partial charge in [-0.15, -0.1) is 0 Å². The molecule has 1 atom stereocenters. The molecule has 4 rings (SSSR count). The highest BCUT2D eigenvalue weighted by atomic mass is 16.2. The highest BCUT2D eigenvalue weighted by Gasteiger charge is 2.33. The number of anilines is 2. The third-order valence-corrected chi connectivity index (χ3v) is 5.13. The minimum Gasteiger partial charge on any atom is -0.368 e. The van der Waals surface area contributed by atoms with Gasteiger partial charge in [0.2, 0.25) is 5.91 Å². The Bertz CT molecular complexity index is 888. The number of benzene rings is 1. The lowest BCUT2D eigenvalue weighted by Gasteiger charge is -2.35. The van der Waals surface area contributed by atoms with Crippen LogP contribution in [0.4, 0.5) is 11.4 Å². The number of amides is 1. The molecule has 6 nitrogen and oxygen atoms in total. The lowest BCUT2D eigenvalue weighted by atomic mass is 10.1. The van der Waals surface area contributed by atoms with E-state index in [0.717, 1.165) is 48.6 Å². The second kappa shape index (κ2) is 6.77. The predicted molar refractivity (Wildman–Crippen MR) is 99.7 cm³/mol. The molecular weight excluding hydrogens is 326 g/mol. The van der Waals surface area contributed by atoms with Gasteiger partial charge in [0.25, 0.3) is 0 Å². The van der Waals surface area contributed by atoms with E-state index in [1.165, 1.54) is 0 Å². The van der Waals surface area contributed by atoms with E-state index in [4.69, 9.17) is 5.73 Å². The molecule has 2 aromatic rings. The van der Waals surface area contributed by atoms with Crippen LogP contribution in [0, 0.1) is 11.3 Å². The Kier molecular flexibility index (Phi) is 4.31. The molecule has 0 aliphatic carbocycles. The number of nitrogens with zero attached hydrogens (tertiary/aromatic N) is 4. The van der Waals surface area contributed by atoms with Crippen molar-refractivity contribution in [2.75, 3.05) is 22.9 Å². The number of hydrogen-bond acceptors (Lipinski definition) is 5. The average Bonchev–Trinajstić information content (AvgIpc) is 2.97. The number of piperidine rings is 1. The number of carbonyl (C=O) groups excluding carboxylic acids is 1. The third kappa shape index (κ3) is 2.91. The maximum atomic E-state index is 12.7. The van der Waals surface area contributed by atoms with Crippen molar-refractivity contribution in [3.05, 3.63) is 53.3 Å². The SMILES string of the molecule is N#Cc1ccccc1CN1C(=O)Cc2nccc(N3CCC[C@@H](N)C3)c21. The fraction of sp³-hybridized carbons (Fsp3) is 0.350. The molecule has 1 aromatic heterocycles. The van der Waals surface area contributed by atoms with Gasteiger partial charge in [-0.3, -0.25) is 9.78 Å². The molecule has 0 bridgehead atoms. The van der Waals surface area contributed by atoms with Gasteiger partial charge in [0.05, 0.1) is 41.7 Å². The zero-order chi connectivity index (χ0) is 18.1. The van der Waals surface area contributed by atoms with Crippen molar-refractivity contribution in [1.29, 1.82) is 5.26 Å². The lowest BCUT2D eigenvalue weighted by molar-refractivity contribution is -0.117. The Morgan fingerprint density at radius 3 is 2.96 bits per heavy atom. The number of fused-ring (bicyclic) bond motifs is 1. The molecule has 26 heavy (non-hydrogen) atoms. The van der Waals surface area contributed by atoms with Crippen LogP contribution in [0.15, 0.2) is 36.5 Å². The molecule has 3 heterocycles. The molecule has 1 fully saturated rings. The number of hydrogen-bond donors (Lipinski definition) is 1. The Labute approximate surface area is 152 Å². The second-order valence-electron chi connectivity index (χ2n) is 6.90. The van der Waals surface area contributed by atoms with E-state index in [1.807, 2.05) is 24.3 Å². The quantitative estimate of drug-likeness (QED) is 0.917. The summed E-state index contributed by atoms with van der Waals surface area (Å²) < 4.78 is 0. The zero-order valence-electron chi connectivity index (χ0n) is 14.6. The molecule has 2 aliphatic rings. The van der Waals surface area contributed by atoms with Crippen molar-refractivity contribution in [3.8, 4) is 6.07 Å². The molecule has 1 saturated heterocycles. The van der Waals surface area contributed by atoms with Gasteiger partial charge < -0.3 is 15.5 Å². The van der Waals surface area contributed by atoms with Crippen LogP contribution in [0.1, 0.15) is 29.7 Å². The first-order chi connectivity index (χ1) is 12.7. The van der Waals surface area contributed by atoms with Gasteiger partial charge >= 0.3 is 0 Å². The van der Waals surface area contributed by atoms with E-state index in [2.05, 4.69) is 16.0 Å². The van der Waals surface area contributed by atoms with Gasteiger partial charge in [-0.05, 0) is 30.5 Å². The maximum Gasteiger partial charge on any atom is 0.233 e. The lowest BCUT2D eigenvalue weighted by Crippen LogP contribution is -2.43. The van der Waals surface area contributed by atoms with Crippen molar-refractivity contribution < 1.29 is 4.79 Å². The van der Waals surface area contributed by atoms with E-state index >= 15 is 0 Å². The summed E-state index contributed by atoms with van der Waals surface area (Å²) in [6, 6.07) is 11.7. The van der Waals surface area contributed by atoms with Crippen LogP contribution >= 0.6 is 0 Å². The first kappa shape index (κ1) is 16.6. The summed E-state index contributed by atoms with van der Waals surface area (Å²) in [6.07, 6.45) is 4.15. The smallest absolute Gasteiger partial charge is 0.233 e. The van der Waals surface area contributed by atoms with E-state index < -0.39 is 0 Å². The molecule has 1 amide bonds. The highest BCUT2D eigenvalue weighted by molar-refractivity contribution is 6.04. The topological polar surface area (TPSA) is 86.2 Å². The zero-order valence-corrected chi connectivity index (χ0v) is 14.6. The number of pyridine rings is 1. The van der Waals surface area contributed by atoms with Gasteiger partial charge in [-0.25, -0.2) is 0 Å². The van der Waals surface area contributed by atoms with Gasteiger partial charge in [0.15, 0.2) is 0 Å². The predicted octanol–water partition coefficient (Wildman–Crippen LogP) is 1.97. The first-order valence-electron chi connectivity index (χ1n) is 8.94. The number of rotatable bonds is 3. The molecule has 132 valence electrons. The maximum absolute atomic E-state index is 12.7. The molecule has 2 N–H and O–H groups in total. The summed E-state index contributed by atoms with van der Waals surface area (Å²) >= 11 is 0. The summed E-state index contributed by atoms with van der Waals surface area (Å²) in [7, 11) is 0. The monoisotopic (exact) mass is 347 g/mol. The van der Waals surface area contributed by atoms with Crippen LogP contribution in [0.2, 0.25) is 0 Å². The van der Waals surface area contributed by atoms with Crippen LogP contribution in [0.5, 0.6) is 0 Å². The average molecular weight is 347 g/mol. The molecule has 0 unspecified atom stereocenters.